The highest BCUT2D eigenvalue weighted by atomic mass is 16.4. The number of oxime groups is 1. The van der Waals surface area contributed by atoms with Crippen LogP contribution in [0.3, 0.4) is 0 Å². The Hall–Kier alpha value is -1.30. The predicted octanol–water partition coefficient (Wildman–Crippen LogP) is 1.48. The number of carbonyl (C=O) groups is 1. The summed E-state index contributed by atoms with van der Waals surface area (Å²) in [6, 6.07) is 0.149. The van der Waals surface area contributed by atoms with Crippen molar-refractivity contribution in [2.45, 2.75) is 52.5 Å². The molecule has 1 amide bonds. The molecule has 0 aliphatic carbocycles. The van der Waals surface area contributed by atoms with Crippen LogP contribution in [0.5, 0.6) is 0 Å². The molecule has 1 unspecified atom stereocenters. The van der Waals surface area contributed by atoms with Crippen LogP contribution in [0.4, 0.5) is 0 Å². The lowest BCUT2D eigenvalue weighted by molar-refractivity contribution is -0.143. The van der Waals surface area contributed by atoms with Gasteiger partial charge in [-0.15, -0.1) is 0 Å². The first-order valence-corrected chi connectivity index (χ1v) is 7.90. The van der Waals surface area contributed by atoms with Gasteiger partial charge in [0, 0.05) is 25.7 Å². The van der Waals surface area contributed by atoms with E-state index in [2.05, 4.69) is 24.0 Å². The first kappa shape index (κ1) is 17.8. The quantitative estimate of drug-likeness (QED) is 0.337. The van der Waals surface area contributed by atoms with Crippen molar-refractivity contribution in [3.63, 3.8) is 0 Å². The average molecular weight is 298 g/mol. The van der Waals surface area contributed by atoms with Gasteiger partial charge in [0.05, 0.1) is 0 Å². The summed E-state index contributed by atoms with van der Waals surface area (Å²) >= 11 is 0. The molecule has 6 heteroatoms. The van der Waals surface area contributed by atoms with E-state index >= 15 is 0 Å². The zero-order valence-electron chi connectivity index (χ0n) is 13.8. The van der Waals surface area contributed by atoms with Crippen LogP contribution in [-0.4, -0.2) is 59.5 Å². The Labute approximate surface area is 128 Å². The molecular weight excluding hydrogens is 268 g/mol. The monoisotopic (exact) mass is 298 g/mol. The summed E-state index contributed by atoms with van der Waals surface area (Å²) in [5.41, 5.74) is 5.09. The van der Waals surface area contributed by atoms with Crippen molar-refractivity contribution in [3.8, 4) is 0 Å². The number of likely N-dealkylation sites (N-methyl/N-ethyl adjacent to an activating group) is 1. The topological polar surface area (TPSA) is 82.2 Å². The third kappa shape index (κ3) is 3.67. The second-order valence-electron chi connectivity index (χ2n) is 6.18. The molecule has 1 aliphatic rings. The van der Waals surface area contributed by atoms with E-state index in [1.807, 2.05) is 18.7 Å². The second-order valence-corrected chi connectivity index (χ2v) is 6.18. The number of nitrogens with zero attached hydrogens (tertiary/aromatic N) is 3. The van der Waals surface area contributed by atoms with Gasteiger partial charge in [0.2, 0.25) is 5.91 Å². The van der Waals surface area contributed by atoms with Crippen LogP contribution >= 0.6 is 0 Å². The van der Waals surface area contributed by atoms with Crippen LogP contribution in [0.1, 0.15) is 46.5 Å². The van der Waals surface area contributed by atoms with Crippen molar-refractivity contribution in [1.29, 1.82) is 0 Å². The molecule has 0 aromatic rings. The average Bonchev–Trinajstić information content (AvgIpc) is 2.45. The Kier molecular flexibility index (Phi) is 6.45. The van der Waals surface area contributed by atoms with E-state index < -0.39 is 5.41 Å². The highest BCUT2D eigenvalue weighted by Crippen LogP contribution is 2.34. The van der Waals surface area contributed by atoms with Crippen molar-refractivity contribution < 1.29 is 10.0 Å². The minimum Gasteiger partial charge on any atom is -0.409 e. The van der Waals surface area contributed by atoms with Gasteiger partial charge in [0.15, 0.2) is 5.84 Å². The van der Waals surface area contributed by atoms with Gasteiger partial charge in [-0.2, -0.15) is 0 Å². The van der Waals surface area contributed by atoms with E-state index in [1.54, 1.807) is 0 Å². The van der Waals surface area contributed by atoms with Crippen LogP contribution in [0.25, 0.3) is 0 Å². The van der Waals surface area contributed by atoms with Gasteiger partial charge in [-0.3, -0.25) is 4.79 Å². The Balaban J connectivity index is 3.09. The third-order valence-electron chi connectivity index (χ3n) is 4.45. The number of nitrogens with two attached hydrogens (primary N) is 1. The van der Waals surface area contributed by atoms with E-state index in [-0.39, 0.29) is 17.8 Å². The van der Waals surface area contributed by atoms with E-state index in [1.165, 1.54) is 0 Å². The molecule has 0 spiro atoms. The predicted molar refractivity (Wildman–Crippen MR) is 84.3 cm³/mol. The zero-order chi connectivity index (χ0) is 16.0. The molecule has 122 valence electrons. The standard InChI is InChI=1S/C15H30N4O2/c1-5-7-15(8-6-2,13(16)17-21)14(20)19-10-9-18(4)11-12(19)3/h12,21H,5-11H2,1-4H3,(H2,16,17). The molecule has 0 aromatic carbocycles. The molecule has 1 atom stereocenters. The first-order chi connectivity index (χ1) is 9.92. The van der Waals surface area contributed by atoms with Gasteiger partial charge in [0.25, 0.3) is 0 Å². The van der Waals surface area contributed by atoms with Gasteiger partial charge in [0.1, 0.15) is 5.41 Å². The first-order valence-electron chi connectivity index (χ1n) is 7.90. The Morgan fingerprint density at radius 3 is 2.33 bits per heavy atom. The molecule has 0 saturated carbocycles. The Morgan fingerprint density at radius 2 is 1.90 bits per heavy atom. The lowest BCUT2D eigenvalue weighted by Crippen LogP contribution is -2.59. The molecule has 3 N–H and O–H groups in total. The van der Waals surface area contributed by atoms with Crippen molar-refractivity contribution in [1.82, 2.24) is 9.80 Å². The number of piperazine rings is 1. The molecule has 6 nitrogen and oxygen atoms in total. The van der Waals surface area contributed by atoms with Crippen molar-refractivity contribution in [2.75, 3.05) is 26.7 Å². The van der Waals surface area contributed by atoms with Gasteiger partial charge in [-0.05, 0) is 26.8 Å². The van der Waals surface area contributed by atoms with Gasteiger partial charge >= 0.3 is 0 Å². The number of carbonyl (C=O) groups excluding carboxylic acids is 1. The SMILES string of the molecule is CCCC(CCC)(C(=O)N1CCN(C)CC1C)C(N)=NO. The van der Waals surface area contributed by atoms with E-state index in [0.717, 1.165) is 25.9 Å². The summed E-state index contributed by atoms with van der Waals surface area (Å²) in [5.74, 6) is 0.0735. The van der Waals surface area contributed by atoms with Gasteiger partial charge < -0.3 is 20.7 Å². The van der Waals surface area contributed by atoms with Crippen molar-refractivity contribution in [2.24, 2.45) is 16.3 Å². The molecule has 1 rings (SSSR count). The molecule has 0 bridgehead atoms. The maximum atomic E-state index is 13.2. The third-order valence-corrected chi connectivity index (χ3v) is 4.45. The summed E-state index contributed by atoms with van der Waals surface area (Å²) in [5, 5.41) is 12.4. The van der Waals surface area contributed by atoms with Crippen LogP contribution in [0.15, 0.2) is 5.16 Å². The summed E-state index contributed by atoms with van der Waals surface area (Å²) < 4.78 is 0. The van der Waals surface area contributed by atoms with Crippen LogP contribution in [0, 0.1) is 5.41 Å². The molecule has 1 aliphatic heterocycles. The minimum absolute atomic E-state index is 0.0158. The summed E-state index contributed by atoms with van der Waals surface area (Å²) in [6.45, 7) is 8.52. The molecule has 21 heavy (non-hydrogen) atoms. The molecular formula is C15H30N4O2. The normalized spacial score (nSPS) is 21.6. The summed E-state index contributed by atoms with van der Waals surface area (Å²) in [7, 11) is 2.06. The number of amides is 1. The molecule has 1 heterocycles. The van der Waals surface area contributed by atoms with E-state index in [0.29, 0.717) is 19.4 Å². The number of amidine groups is 1. The fourth-order valence-corrected chi connectivity index (χ4v) is 3.37. The lowest BCUT2D eigenvalue weighted by atomic mass is 9.76. The van der Waals surface area contributed by atoms with Crippen molar-refractivity contribution in [3.05, 3.63) is 0 Å². The molecule has 1 saturated heterocycles. The zero-order valence-corrected chi connectivity index (χ0v) is 13.8. The van der Waals surface area contributed by atoms with Crippen LogP contribution in [0.2, 0.25) is 0 Å². The Bertz CT molecular complexity index is 378. The maximum absolute atomic E-state index is 13.2. The van der Waals surface area contributed by atoms with Crippen molar-refractivity contribution >= 4 is 11.7 Å². The fourth-order valence-electron chi connectivity index (χ4n) is 3.37. The Morgan fingerprint density at radius 1 is 1.33 bits per heavy atom. The fraction of sp³-hybridized carbons (Fsp3) is 0.867. The number of rotatable bonds is 6. The van der Waals surface area contributed by atoms with Crippen LogP contribution < -0.4 is 5.73 Å². The van der Waals surface area contributed by atoms with E-state index in [9.17, 15) is 4.79 Å². The highest BCUT2D eigenvalue weighted by Gasteiger charge is 2.45. The van der Waals surface area contributed by atoms with Crippen LogP contribution in [-0.2, 0) is 4.79 Å². The molecule has 0 aromatic heterocycles. The number of hydrogen-bond donors (Lipinski definition) is 2. The number of hydrogen-bond acceptors (Lipinski definition) is 4. The smallest absolute Gasteiger partial charge is 0.236 e. The maximum Gasteiger partial charge on any atom is 0.236 e. The summed E-state index contributed by atoms with van der Waals surface area (Å²) in [6.07, 6.45) is 2.89. The molecule has 1 fully saturated rings. The van der Waals surface area contributed by atoms with E-state index in [4.69, 9.17) is 10.9 Å². The van der Waals surface area contributed by atoms with Gasteiger partial charge in [-0.1, -0.05) is 31.8 Å². The van der Waals surface area contributed by atoms with Gasteiger partial charge in [-0.25, -0.2) is 0 Å². The largest absolute Gasteiger partial charge is 0.409 e. The lowest BCUT2D eigenvalue weighted by Gasteiger charge is -2.43. The second kappa shape index (κ2) is 7.64. The minimum atomic E-state index is -0.859. The highest BCUT2D eigenvalue weighted by molar-refractivity contribution is 6.06. The summed E-state index contributed by atoms with van der Waals surface area (Å²) in [4.78, 5) is 17.3. The molecule has 0 radical (unpaired) electrons.